The van der Waals surface area contributed by atoms with E-state index in [1.807, 2.05) is 18.3 Å². The molecule has 1 saturated heterocycles. The number of hydrogen-bond acceptors (Lipinski definition) is 3. The van der Waals surface area contributed by atoms with E-state index < -0.39 is 0 Å². The molecule has 1 aromatic rings. The standard InChI is InChI=1S/C13H18N4S/c18-13-16-11-6-2-1-5-10(11)12(17-13)15-9-4-3-7-14-8-9/h3-4,7-8,10-12,15H,1-2,5-6H2,(H2,16,17,18). The van der Waals surface area contributed by atoms with Gasteiger partial charge in [0.1, 0.15) is 6.17 Å². The topological polar surface area (TPSA) is 49.0 Å². The number of fused-ring (bicyclic) bond motifs is 1. The minimum Gasteiger partial charge on any atom is -0.364 e. The number of pyridine rings is 1. The van der Waals surface area contributed by atoms with Gasteiger partial charge in [-0.1, -0.05) is 12.8 Å². The fourth-order valence-corrected chi connectivity index (χ4v) is 3.25. The summed E-state index contributed by atoms with van der Waals surface area (Å²) < 4.78 is 0. The van der Waals surface area contributed by atoms with Crippen molar-refractivity contribution in [1.29, 1.82) is 0 Å². The van der Waals surface area contributed by atoms with E-state index >= 15 is 0 Å². The highest BCUT2D eigenvalue weighted by Gasteiger charge is 2.36. The van der Waals surface area contributed by atoms with Gasteiger partial charge in [0.05, 0.1) is 5.69 Å². The van der Waals surface area contributed by atoms with Crippen LogP contribution < -0.4 is 16.0 Å². The Morgan fingerprint density at radius 3 is 3.00 bits per heavy atom. The van der Waals surface area contributed by atoms with Crippen molar-refractivity contribution in [2.75, 3.05) is 5.32 Å². The second kappa shape index (κ2) is 5.10. The molecule has 0 radical (unpaired) electrons. The number of aromatic nitrogens is 1. The molecule has 3 unspecified atom stereocenters. The van der Waals surface area contributed by atoms with E-state index in [0.717, 1.165) is 10.8 Å². The van der Waals surface area contributed by atoms with Crippen LogP contribution in [-0.2, 0) is 0 Å². The summed E-state index contributed by atoms with van der Waals surface area (Å²) in [4.78, 5) is 4.13. The van der Waals surface area contributed by atoms with E-state index in [9.17, 15) is 0 Å². The van der Waals surface area contributed by atoms with Crippen LogP contribution in [0.25, 0.3) is 0 Å². The predicted octanol–water partition coefficient (Wildman–Crippen LogP) is 1.86. The van der Waals surface area contributed by atoms with Crippen LogP contribution >= 0.6 is 12.2 Å². The third-order valence-corrected chi connectivity index (χ3v) is 4.07. The molecule has 96 valence electrons. The van der Waals surface area contributed by atoms with Crippen molar-refractivity contribution in [2.45, 2.75) is 37.9 Å². The van der Waals surface area contributed by atoms with Crippen LogP contribution in [0.3, 0.4) is 0 Å². The molecule has 1 aliphatic carbocycles. The minimum atomic E-state index is 0.216. The highest BCUT2D eigenvalue weighted by atomic mass is 32.1. The Morgan fingerprint density at radius 2 is 2.17 bits per heavy atom. The maximum absolute atomic E-state index is 5.29. The molecule has 0 spiro atoms. The molecule has 0 aromatic carbocycles. The van der Waals surface area contributed by atoms with Crippen LogP contribution in [-0.4, -0.2) is 22.3 Å². The summed E-state index contributed by atoms with van der Waals surface area (Å²) in [5.41, 5.74) is 1.05. The van der Waals surface area contributed by atoms with Gasteiger partial charge in [0.2, 0.25) is 0 Å². The lowest BCUT2D eigenvalue weighted by Crippen LogP contribution is -2.63. The smallest absolute Gasteiger partial charge is 0.168 e. The first-order valence-corrected chi connectivity index (χ1v) is 6.97. The lowest BCUT2D eigenvalue weighted by Gasteiger charge is -2.43. The largest absolute Gasteiger partial charge is 0.364 e. The van der Waals surface area contributed by atoms with Crippen LogP contribution in [0.2, 0.25) is 0 Å². The molecule has 18 heavy (non-hydrogen) atoms. The van der Waals surface area contributed by atoms with Crippen molar-refractivity contribution in [3.8, 4) is 0 Å². The van der Waals surface area contributed by atoms with Gasteiger partial charge in [-0.05, 0) is 37.2 Å². The molecule has 1 saturated carbocycles. The van der Waals surface area contributed by atoms with Gasteiger partial charge in [0, 0.05) is 24.4 Å². The van der Waals surface area contributed by atoms with Gasteiger partial charge in [-0.25, -0.2) is 0 Å². The average Bonchev–Trinajstić information content (AvgIpc) is 2.40. The van der Waals surface area contributed by atoms with E-state index in [1.165, 1.54) is 25.7 Å². The summed E-state index contributed by atoms with van der Waals surface area (Å²) in [5, 5.41) is 11.0. The molecule has 3 rings (SSSR count). The van der Waals surface area contributed by atoms with Crippen LogP contribution in [0.1, 0.15) is 25.7 Å². The van der Waals surface area contributed by atoms with Gasteiger partial charge < -0.3 is 16.0 Å². The summed E-state index contributed by atoms with van der Waals surface area (Å²) in [7, 11) is 0. The Balaban J connectivity index is 1.74. The highest BCUT2D eigenvalue weighted by Crippen LogP contribution is 2.29. The first-order chi connectivity index (χ1) is 8.83. The fourth-order valence-electron chi connectivity index (χ4n) is 2.97. The van der Waals surface area contributed by atoms with Crippen molar-refractivity contribution >= 4 is 23.0 Å². The summed E-state index contributed by atoms with van der Waals surface area (Å²) in [6.45, 7) is 0. The maximum Gasteiger partial charge on any atom is 0.168 e. The van der Waals surface area contributed by atoms with E-state index in [0.29, 0.717) is 12.0 Å². The third kappa shape index (κ3) is 2.41. The first-order valence-electron chi connectivity index (χ1n) is 6.56. The Kier molecular flexibility index (Phi) is 3.32. The first kappa shape index (κ1) is 11.7. The molecular formula is C13H18N4S. The Hall–Kier alpha value is -1.36. The van der Waals surface area contributed by atoms with Gasteiger partial charge in [0.15, 0.2) is 5.11 Å². The number of anilines is 1. The summed E-state index contributed by atoms with van der Waals surface area (Å²) in [6.07, 6.45) is 8.93. The number of thiocarbonyl (C=S) groups is 1. The number of nitrogens with one attached hydrogen (secondary N) is 3. The molecule has 0 bridgehead atoms. The normalized spacial score (nSPS) is 30.9. The summed E-state index contributed by atoms with van der Waals surface area (Å²) >= 11 is 5.29. The lowest BCUT2D eigenvalue weighted by molar-refractivity contribution is 0.228. The number of hydrogen-bond donors (Lipinski definition) is 3. The molecule has 5 heteroatoms. The lowest BCUT2D eigenvalue weighted by atomic mass is 9.81. The molecule has 2 heterocycles. The molecule has 2 fully saturated rings. The Labute approximate surface area is 113 Å². The predicted molar refractivity (Wildman–Crippen MR) is 76.3 cm³/mol. The van der Waals surface area contributed by atoms with E-state index in [1.54, 1.807) is 6.20 Å². The van der Waals surface area contributed by atoms with Crippen LogP contribution in [0, 0.1) is 5.92 Å². The van der Waals surface area contributed by atoms with Crippen LogP contribution in [0.4, 0.5) is 5.69 Å². The molecule has 4 nitrogen and oxygen atoms in total. The van der Waals surface area contributed by atoms with Gasteiger partial charge in [-0.3, -0.25) is 4.98 Å². The average molecular weight is 262 g/mol. The summed E-state index contributed by atoms with van der Waals surface area (Å²) in [5.74, 6) is 0.589. The molecule has 3 N–H and O–H groups in total. The van der Waals surface area contributed by atoms with E-state index in [-0.39, 0.29) is 6.17 Å². The molecule has 2 aliphatic rings. The zero-order valence-electron chi connectivity index (χ0n) is 10.2. The highest BCUT2D eigenvalue weighted by molar-refractivity contribution is 7.80. The molecule has 1 aliphatic heterocycles. The monoisotopic (exact) mass is 262 g/mol. The second-order valence-corrected chi connectivity index (χ2v) is 5.44. The fraction of sp³-hybridized carbons (Fsp3) is 0.538. The molecule has 3 atom stereocenters. The third-order valence-electron chi connectivity index (χ3n) is 3.83. The number of nitrogens with zero attached hydrogens (tertiary/aromatic N) is 1. The van der Waals surface area contributed by atoms with Gasteiger partial charge in [0.25, 0.3) is 0 Å². The second-order valence-electron chi connectivity index (χ2n) is 5.04. The Bertz CT molecular complexity index is 422. The number of rotatable bonds is 2. The van der Waals surface area contributed by atoms with Crippen LogP contribution in [0.15, 0.2) is 24.5 Å². The molecular weight excluding hydrogens is 244 g/mol. The van der Waals surface area contributed by atoms with E-state index in [2.05, 4.69) is 20.9 Å². The zero-order valence-corrected chi connectivity index (χ0v) is 11.0. The van der Waals surface area contributed by atoms with Crippen molar-refractivity contribution in [2.24, 2.45) is 5.92 Å². The zero-order chi connectivity index (χ0) is 12.4. The van der Waals surface area contributed by atoms with Gasteiger partial charge in [-0.2, -0.15) is 0 Å². The maximum atomic E-state index is 5.29. The minimum absolute atomic E-state index is 0.216. The molecule has 0 amide bonds. The van der Waals surface area contributed by atoms with Gasteiger partial charge >= 0.3 is 0 Å². The summed E-state index contributed by atoms with van der Waals surface area (Å²) in [6, 6.07) is 4.50. The molecule has 1 aromatic heterocycles. The Morgan fingerprint density at radius 1 is 1.28 bits per heavy atom. The van der Waals surface area contributed by atoms with Gasteiger partial charge in [-0.15, -0.1) is 0 Å². The van der Waals surface area contributed by atoms with Crippen LogP contribution in [0.5, 0.6) is 0 Å². The quantitative estimate of drug-likeness (QED) is 0.710. The van der Waals surface area contributed by atoms with Crippen molar-refractivity contribution in [3.63, 3.8) is 0 Å². The van der Waals surface area contributed by atoms with Crippen molar-refractivity contribution in [3.05, 3.63) is 24.5 Å². The van der Waals surface area contributed by atoms with Crippen molar-refractivity contribution < 1.29 is 0 Å². The van der Waals surface area contributed by atoms with Crippen molar-refractivity contribution in [1.82, 2.24) is 15.6 Å². The SMILES string of the molecule is S=C1NC2CCCCC2C(Nc2cccnc2)N1. The van der Waals surface area contributed by atoms with E-state index in [4.69, 9.17) is 12.2 Å².